The van der Waals surface area contributed by atoms with Crippen molar-refractivity contribution in [3.63, 3.8) is 0 Å². The van der Waals surface area contributed by atoms with Crippen LogP contribution in [-0.2, 0) is 10.0 Å². The Hall–Kier alpha value is -1.92. The Balaban J connectivity index is 1.75. The highest BCUT2D eigenvalue weighted by atomic mass is 32.2. The van der Waals surface area contributed by atoms with Gasteiger partial charge in [-0.3, -0.25) is 0 Å². The fourth-order valence-electron chi connectivity index (χ4n) is 2.72. The summed E-state index contributed by atoms with van der Waals surface area (Å²) in [5.41, 5.74) is 2.10. The van der Waals surface area contributed by atoms with E-state index in [1.165, 1.54) is 0 Å². The molecule has 1 aliphatic rings. The van der Waals surface area contributed by atoms with Gasteiger partial charge in [0.05, 0.1) is 4.90 Å². The summed E-state index contributed by atoms with van der Waals surface area (Å²) < 4.78 is 27.1. The monoisotopic (exact) mass is 331 g/mol. The normalized spacial score (nSPS) is 16.5. The molecule has 0 bridgehead atoms. The van der Waals surface area contributed by atoms with Gasteiger partial charge in [0.25, 0.3) is 0 Å². The van der Waals surface area contributed by atoms with Gasteiger partial charge in [0.1, 0.15) is 5.82 Å². The van der Waals surface area contributed by atoms with Gasteiger partial charge >= 0.3 is 0 Å². The third-order valence-electron chi connectivity index (χ3n) is 4.33. The van der Waals surface area contributed by atoms with Crippen molar-refractivity contribution in [2.75, 3.05) is 31.1 Å². The van der Waals surface area contributed by atoms with Crippen molar-refractivity contribution in [1.29, 1.82) is 0 Å². The van der Waals surface area contributed by atoms with Crippen molar-refractivity contribution >= 4 is 15.8 Å². The summed E-state index contributed by atoms with van der Waals surface area (Å²) in [6.07, 6.45) is 1.76. The Morgan fingerprint density at radius 3 is 2.30 bits per heavy atom. The first-order valence-corrected chi connectivity index (χ1v) is 9.16. The SMILES string of the molecule is Cc1ccc(S(=O)(=O)N2CCN(c3ccccn3)CC2)cc1C. The maximum absolute atomic E-state index is 12.8. The van der Waals surface area contributed by atoms with Crippen LogP contribution in [0.25, 0.3) is 0 Å². The molecule has 0 aliphatic carbocycles. The van der Waals surface area contributed by atoms with Crippen molar-refractivity contribution in [1.82, 2.24) is 9.29 Å². The van der Waals surface area contributed by atoms with Crippen LogP contribution in [0.4, 0.5) is 5.82 Å². The Kier molecular flexibility index (Phi) is 4.37. The molecular weight excluding hydrogens is 310 g/mol. The van der Waals surface area contributed by atoms with Crippen LogP contribution in [0.15, 0.2) is 47.5 Å². The van der Waals surface area contributed by atoms with Gasteiger partial charge < -0.3 is 4.90 Å². The van der Waals surface area contributed by atoms with E-state index in [9.17, 15) is 8.42 Å². The van der Waals surface area contributed by atoms with E-state index < -0.39 is 10.0 Å². The molecule has 1 aromatic carbocycles. The fraction of sp³-hybridized carbons (Fsp3) is 0.353. The van der Waals surface area contributed by atoms with E-state index in [2.05, 4.69) is 9.88 Å². The Bertz CT molecular complexity index is 783. The number of pyridine rings is 1. The lowest BCUT2D eigenvalue weighted by atomic mass is 10.1. The lowest BCUT2D eigenvalue weighted by Crippen LogP contribution is -2.48. The highest BCUT2D eigenvalue weighted by Crippen LogP contribution is 2.21. The highest BCUT2D eigenvalue weighted by molar-refractivity contribution is 7.89. The third-order valence-corrected chi connectivity index (χ3v) is 6.22. The molecule has 1 fully saturated rings. The van der Waals surface area contributed by atoms with Gasteiger partial charge in [-0.15, -0.1) is 0 Å². The first kappa shape index (κ1) is 16.0. The molecule has 122 valence electrons. The first-order chi connectivity index (χ1) is 11.0. The quantitative estimate of drug-likeness (QED) is 0.865. The Morgan fingerprint density at radius 1 is 0.957 bits per heavy atom. The number of aromatic nitrogens is 1. The predicted octanol–water partition coefficient (Wildman–Crippen LogP) is 2.21. The number of sulfonamides is 1. The summed E-state index contributed by atoms with van der Waals surface area (Å²) in [5.74, 6) is 0.899. The molecule has 1 saturated heterocycles. The second-order valence-electron chi connectivity index (χ2n) is 5.83. The summed E-state index contributed by atoms with van der Waals surface area (Å²) in [6.45, 7) is 6.19. The van der Waals surface area contributed by atoms with E-state index in [1.54, 1.807) is 22.6 Å². The molecule has 6 heteroatoms. The molecule has 2 heterocycles. The van der Waals surface area contributed by atoms with Crippen molar-refractivity contribution in [2.45, 2.75) is 18.7 Å². The van der Waals surface area contributed by atoms with Crippen LogP contribution in [0.3, 0.4) is 0 Å². The molecule has 2 aromatic rings. The standard InChI is InChI=1S/C17H21N3O2S/c1-14-6-7-16(13-15(14)2)23(21,22)20-11-9-19(10-12-20)17-5-3-4-8-18-17/h3-8,13H,9-12H2,1-2H3. The number of anilines is 1. The molecule has 23 heavy (non-hydrogen) atoms. The van der Waals surface area contributed by atoms with E-state index >= 15 is 0 Å². The number of benzene rings is 1. The molecule has 0 N–H and O–H groups in total. The van der Waals surface area contributed by atoms with Gasteiger partial charge in [-0.25, -0.2) is 13.4 Å². The summed E-state index contributed by atoms with van der Waals surface area (Å²) in [4.78, 5) is 6.83. The lowest BCUT2D eigenvalue weighted by Gasteiger charge is -2.34. The van der Waals surface area contributed by atoms with Crippen LogP contribution in [-0.4, -0.2) is 43.9 Å². The summed E-state index contributed by atoms with van der Waals surface area (Å²) in [6, 6.07) is 11.1. The van der Waals surface area contributed by atoms with Gasteiger partial charge in [-0.2, -0.15) is 4.31 Å². The largest absolute Gasteiger partial charge is 0.354 e. The van der Waals surface area contributed by atoms with Crippen LogP contribution in [0.5, 0.6) is 0 Å². The summed E-state index contributed by atoms with van der Waals surface area (Å²) in [5, 5.41) is 0. The zero-order valence-electron chi connectivity index (χ0n) is 13.4. The predicted molar refractivity (Wildman–Crippen MR) is 91.1 cm³/mol. The fourth-order valence-corrected chi connectivity index (χ4v) is 4.23. The van der Waals surface area contributed by atoms with Crippen molar-refractivity contribution in [2.24, 2.45) is 0 Å². The minimum absolute atomic E-state index is 0.381. The molecule has 0 amide bonds. The molecule has 0 spiro atoms. The topological polar surface area (TPSA) is 53.5 Å². The van der Waals surface area contributed by atoms with Crippen LogP contribution in [0.1, 0.15) is 11.1 Å². The van der Waals surface area contributed by atoms with Gasteiger partial charge in [-0.1, -0.05) is 12.1 Å². The zero-order chi connectivity index (χ0) is 16.4. The lowest BCUT2D eigenvalue weighted by molar-refractivity contribution is 0.384. The minimum Gasteiger partial charge on any atom is -0.354 e. The Labute approximate surface area is 137 Å². The maximum Gasteiger partial charge on any atom is 0.243 e. The molecule has 0 unspecified atom stereocenters. The minimum atomic E-state index is -3.42. The first-order valence-electron chi connectivity index (χ1n) is 7.72. The van der Waals surface area contributed by atoms with Gasteiger partial charge in [-0.05, 0) is 49.2 Å². The second kappa shape index (κ2) is 6.29. The van der Waals surface area contributed by atoms with Gasteiger partial charge in [0, 0.05) is 32.4 Å². The molecule has 1 aliphatic heterocycles. The molecule has 0 atom stereocenters. The van der Waals surface area contributed by atoms with E-state index in [-0.39, 0.29) is 0 Å². The molecular formula is C17H21N3O2S. The van der Waals surface area contributed by atoms with Crippen molar-refractivity contribution in [3.05, 3.63) is 53.7 Å². The number of aryl methyl sites for hydroxylation is 2. The van der Waals surface area contributed by atoms with Crippen LogP contribution >= 0.6 is 0 Å². The molecule has 0 radical (unpaired) electrons. The van der Waals surface area contributed by atoms with Crippen LogP contribution in [0, 0.1) is 13.8 Å². The molecule has 0 saturated carbocycles. The average molecular weight is 331 g/mol. The van der Waals surface area contributed by atoms with E-state index in [0.717, 1.165) is 16.9 Å². The van der Waals surface area contributed by atoms with E-state index in [4.69, 9.17) is 0 Å². The average Bonchev–Trinajstić information content (AvgIpc) is 2.58. The summed E-state index contributed by atoms with van der Waals surface area (Å²) >= 11 is 0. The van der Waals surface area contributed by atoms with Crippen molar-refractivity contribution < 1.29 is 8.42 Å². The molecule has 3 rings (SSSR count). The summed E-state index contributed by atoms with van der Waals surface area (Å²) in [7, 11) is -3.42. The van der Waals surface area contributed by atoms with E-state index in [0.29, 0.717) is 31.1 Å². The highest BCUT2D eigenvalue weighted by Gasteiger charge is 2.28. The van der Waals surface area contributed by atoms with Crippen LogP contribution in [0.2, 0.25) is 0 Å². The van der Waals surface area contributed by atoms with E-state index in [1.807, 2.05) is 38.1 Å². The van der Waals surface area contributed by atoms with Crippen molar-refractivity contribution in [3.8, 4) is 0 Å². The Morgan fingerprint density at radius 2 is 1.70 bits per heavy atom. The number of nitrogens with zero attached hydrogens (tertiary/aromatic N) is 3. The van der Waals surface area contributed by atoms with Crippen LogP contribution < -0.4 is 4.90 Å². The third kappa shape index (κ3) is 3.23. The zero-order valence-corrected chi connectivity index (χ0v) is 14.3. The van der Waals surface area contributed by atoms with Gasteiger partial charge in [0.15, 0.2) is 0 Å². The molecule has 1 aromatic heterocycles. The van der Waals surface area contributed by atoms with Gasteiger partial charge in [0.2, 0.25) is 10.0 Å². The number of rotatable bonds is 3. The smallest absolute Gasteiger partial charge is 0.243 e. The number of hydrogen-bond acceptors (Lipinski definition) is 4. The number of hydrogen-bond donors (Lipinski definition) is 0. The second-order valence-corrected chi connectivity index (χ2v) is 7.76. The number of piperazine rings is 1. The maximum atomic E-state index is 12.8. The molecule has 5 nitrogen and oxygen atoms in total.